The van der Waals surface area contributed by atoms with Crippen LogP contribution in [0.15, 0.2) is 71.6 Å². The molecule has 0 atom stereocenters. The molecule has 3 aromatic carbocycles. The van der Waals surface area contributed by atoms with Crippen molar-refractivity contribution in [2.24, 2.45) is 0 Å². The van der Waals surface area contributed by atoms with Crippen LogP contribution < -0.4 is 14.9 Å². The first-order valence-corrected chi connectivity index (χ1v) is 12.2. The fourth-order valence-corrected chi connectivity index (χ4v) is 5.69. The highest BCUT2D eigenvalue weighted by molar-refractivity contribution is 7.92. The third kappa shape index (κ3) is 4.80. The van der Waals surface area contributed by atoms with Gasteiger partial charge < -0.3 is 10.6 Å². The van der Waals surface area contributed by atoms with Gasteiger partial charge in [0.1, 0.15) is 0 Å². The molecule has 0 amide bonds. The number of benzene rings is 3. The second kappa shape index (κ2) is 9.04. The van der Waals surface area contributed by atoms with Gasteiger partial charge in [0.15, 0.2) is 5.11 Å². The average molecular weight is 492 g/mol. The Morgan fingerprint density at radius 3 is 2.45 bits per heavy atom. The number of rotatable bonds is 4. The molecule has 0 unspecified atom stereocenters. The number of hydrogen-bond acceptors (Lipinski definition) is 3. The fraction of sp³-hybridized carbons (Fsp3) is 0.136. The molecular formula is C22H19Cl2N3O2S2. The maximum Gasteiger partial charge on any atom is 0.264 e. The number of fused-ring (bicyclic) bond motifs is 1. The second-order valence-corrected chi connectivity index (χ2v) is 10.2. The number of hydrogen-bond donors (Lipinski definition) is 2. The van der Waals surface area contributed by atoms with Crippen LogP contribution in [0.5, 0.6) is 0 Å². The first-order valence-electron chi connectivity index (χ1n) is 9.58. The van der Waals surface area contributed by atoms with Gasteiger partial charge in [0.2, 0.25) is 0 Å². The molecule has 0 aromatic heterocycles. The molecule has 5 nitrogen and oxygen atoms in total. The van der Waals surface area contributed by atoms with E-state index in [9.17, 15) is 8.42 Å². The van der Waals surface area contributed by atoms with Crippen molar-refractivity contribution < 1.29 is 8.42 Å². The van der Waals surface area contributed by atoms with Crippen LogP contribution in [0.2, 0.25) is 10.0 Å². The van der Waals surface area contributed by atoms with Gasteiger partial charge in [-0.1, -0.05) is 41.4 Å². The zero-order valence-electron chi connectivity index (χ0n) is 16.3. The summed E-state index contributed by atoms with van der Waals surface area (Å²) < 4.78 is 28.0. The van der Waals surface area contributed by atoms with E-state index in [0.29, 0.717) is 33.1 Å². The molecule has 4 rings (SSSR count). The lowest BCUT2D eigenvalue weighted by Crippen LogP contribution is -2.35. The molecule has 2 N–H and O–H groups in total. The Hall–Kier alpha value is -2.32. The minimum absolute atomic E-state index is 0.231. The molecule has 31 heavy (non-hydrogen) atoms. The number of para-hydroxylation sites is 1. The molecule has 9 heteroatoms. The van der Waals surface area contributed by atoms with Crippen molar-refractivity contribution in [2.75, 3.05) is 21.5 Å². The highest BCUT2D eigenvalue weighted by Crippen LogP contribution is 2.32. The average Bonchev–Trinajstić information content (AvgIpc) is 2.75. The largest absolute Gasteiger partial charge is 0.332 e. The van der Waals surface area contributed by atoms with Gasteiger partial charge in [-0.15, -0.1) is 0 Å². The van der Waals surface area contributed by atoms with Crippen LogP contribution in [0.4, 0.5) is 17.1 Å². The van der Waals surface area contributed by atoms with Crippen molar-refractivity contribution in [1.82, 2.24) is 0 Å². The summed E-state index contributed by atoms with van der Waals surface area (Å²) in [4.78, 5) is 0.231. The molecular weight excluding hydrogens is 473 g/mol. The zero-order chi connectivity index (χ0) is 22.0. The Bertz CT molecular complexity index is 1230. The van der Waals surface area contributed by atoms with E-state index in [1.54, 1.807) is 42.5 Å². The van der Waals surface area contributed by atoms with Gasteiger partial charge in [0.25, 0.3) is 10.0 Å². The molecule has 1 aliphatic heterocycles. The van der Waals surface area contributed by atoms with Crippen LogP contribution in [-0.4, -0.2) is 20.1 Å². The molecule has 0 spiro atoms. The smallest absolute Gasteiger partial charge is 0.264 e. The number of nitrogens with one attached hydrogen (secondary N) is 2. The summed E-state index contributed by atoms with van der Waals surface area (Å²) in [6.07, 6.45) is 1.68. The number of anilines is 3. The van der Waals surface area contributed by atoms with E-state index in [0.717, 1.165) is 24.1 Å². The van der Waals surface area contributed by atoms with Crippen molar-refractivity contribution >= 4 is 67.6 Å². The SMILES string of the molecule is O=S(=O)(c1ccc(NC(=S)Nc2ccc(Cl)cc2Cl)cc1)N1CCCc2ccccc21. The summed E-state index contributed by atoms with van der Waals surface area (Å²) in [5, 5.41) is 7.32. The number of aryl methyl sites for hydroxylation is 1. The van der Waals surface area contributed by atoms with Crippen LogP contribution in [0.3, 0.4) is 0 Å². The number of nitrogens with zero attached hydrogens (tertiary/aromatic N) is 1. The van der Waals surface area contributed by atoms with Crippen LogP contribution in [0, 0.1) is 0 Å². The van der Waals surface area contributed by atoms with Gasteiger partial charge in [0.05, 0.1) is 21.3 Å². The van der Waals surface area contributed by atoms with Gasteiger partial charge in [-0.3, -0.25) is 4.31 Å². The topological polar surface area (TPSA) is 61.4 Å². The number of thiocarbonyl (C=S) groups is 1. The van der Waals surface area contributed by atoms with E-state index in [1.807, 2.05) is 24.3 Å². The van der Waals surface area contributed by atoms with E-state index in [1.165, 1.54) is 4.31 Å². The van der Waals surface area contributed by atoms with Crippen LogP contribution >= 0.6 is 35.4 Å². The summed E-state index contributed by atoms with van der Waals surface area (Å²) in [6, 6.07) is 19.2. The lowest BCUT2D eigenvalue weighted by Gasteiger charge is -2.30. The van der Waals surface area contributed by atoms with Crippen LogP contribution in [-0.2, 0) is 16.4 Å². The molecule has 0 saturated heterocycles. The first kappa shape index (κ1) is 21.9. The van der Waals surface area contributed by atoms with Gasteiger partial charge in [-0.25, -0.2) is 8.42 Å². The highest BCUT2D eigenvalue weighted by atomic mass is 35.5. The van der Waals surface area contributed by atoms with E-state index in [-0.39, 0.29) is 4.90 Å². The Morgan fingerprint density at radius 2 is 1.71 bits per heavy atom. The quantitative estimate of drug-likeness (QED) is 0.441. The minimum Gasteiger partial charge on any atom is -0.332 e. The molecule has 0 radical (unpaired) electrons. The summed E-state index contributed by atoms with van der Waals surface area (Å²) >= 11 is 17.4. The molecule has 0 saturated carbocycles. The van der Waals surface area contributed by atoms with Crippen LogP contribution in [0.25, 0.3) is 0 Å². The van der Waals surface area contributed by atoms with Crippen LogP contribution in [0.1, 0.15) is 12.0 Å². The Morgan fingerprint density at radius 1 is 0.968 bits per heavy atom. The third-order valence-corrected chi connectivity index (χ3v) is 7.53. The molecule has 3 aromatic rings. The minimum atomic E-state index is -3.65. The molecule has 1 heterocycles. The Balaban J connectivity index is 1.48. The van der Waals surface area contributed by atoms with Gasteiger partial charge >= 0.3 is 0 Å². The van der Waals surface area contributed by atoms with E-state index < -0.39 is 10.0 Å². The lowest BCUT2D eigenvalue weighted by molar-refractivity contribution is 0.586. The lowest BCUT2D eigenvalue weighted by atomic mass is 10.0. The van der Waals surface area contributed by atoms with E-state index in [2.05, 4.69) is 10.6 Å². The Labute approximate surface area is 197 Å². The zero-order valence-corrected chi connectivity index (χ0v) is 19.5. The maximum atomic E-state index is 13.2. The van der Waals surface area contributed by atoms with Crippen molar-refractivity contribution in [2.45, 2.75) is 17.7 Å². The van der Waals surface area contributed by atoms with Crippen molar-refractivity contribution in [3.63, 3.8) is 0 Å². The van der Waals surface area contributed by atoms with E-state index >= 15 is 0 Å². The van der Waals surface area contributed by atoms with Gasteiger partial charge in [-0.2, -0.15) is 0 Å². The molecule has 0 fully saturated rings. The maximum absolute atomic E-state index is 13.2. The van der Waals surface area contributed by atoms with E-state index in [4.69, 9.17) is 35.4 Å². The molecule has 0 bridgehead atoms. The number of sulfonamides is 1. The van der Waals surface area contributed by atoms with Crippen molar-refractivity contribution in [1.29, 1.82) is 0 Å². The molecule has 0 aliphatic carbocycles. The summed E-state index contributed by atoms with van der Waals surface area (Å²) in [5.41, 5.74) is 3.07. The predicted molar refractivity (Wildman–Crippen MR) is 132 cm³/mol. The normalized spacial score (nSPS) is 13.4. The highest BCUT2D eigenvalue weighted by Gasteiger charge is 2.28. The monoisotopic (exact) mass is 491 g/mol. The summed E-state index contributed by atoms with van der Waals surface area (Å²) in [7, 11) is -3.65. The second-order valence-electron chi connectivity index (χ2n) is 7.04. The number of halogens is 2. The van der Waals surface area contributed by atoms with Gasteiger partial charge in [-0.05, 0) is 79.2 Å². The van der Waals surface area contributed by atoms with Gasteiger partial charge in [0, 0.05) is 17.3 Å². The predicted octanol–water partition coefficient (Wildman–Crippen LogP) is 5.94. The summed E-state index contributed by atoms with van der Waals surface area (Å²) in [6.45, 7) is 0.467. The molecule has 160 valence electrons. The van der Waals surface area contributed by atoms with Crippen molar-refractivity contribution in [3.05, 3.63) is 82.3 Å². The standard InChI is InChI=1S/C22H19Cl2N3O2S2/c23-16-7-12-20(19(24)14-16)26-22(30)25-17-8-10-18(11-9-17)31(28,29)27-13-3-5-15-4-1-2-6-21(15)27/h1-2,4,6-12,14H,3,5,13H2,(H2,25,26,30). The third-order valence-electron chi connectivity index (χ3n) is 4.95. The molecule has 1 aliphatic rings. The first-order chi connectivity index (χ1) is 14.8. The summed E-state index contributed by atoms with van der Waals surface area (Å²) in [5.74, 6) is 0. The fourth-order valence-electron chi connectivity index (χ4n) is 3.46. The van der Waals surface area contributed by atoms with Crippen molar-refractivity contribution in [3.8, 4) is 0 Å². The Kier molecular flexibility index (Phi) is 6.39.